The number of carbonyl (C=O) groups excluding carboxylic acids is 1. The monoisotopic (exact) mass is 289 g/mol. The first-order chi connectivity index (χ1) is 8.70. The van der Waals surface area contributed by atoms with Crippen molar-refractivity contribution in [1.82, 2.24) is 10.3 Å². The number of carbonyl (C=O) groups is 2. The second-order valence-corrected chi connectivity index (χ2v) is 5.05. The molecule has 1 rings (SSSR count). The number of hydrogen-bond donors (Lipinski definition) is 4. The van der Waals surface area contributed by atoms with Gasteiger partial charge in [-0.2, -0.15) is 8.42 Å². The summed E-state index contributed by atoms with van der Waals surface area (Å²) in [7, 11) is -4.55. The van der Waals surface area contributed by atoms with Crippen molar-refractivity contribution >= 4 is 27.7 Å². The van der Waals surface area contributed by atoms with Gasteiger partial charge >= 0.3 is 5.97 Å². The van der Waals surface area contributed by atoms with Gasteiger partial charge in [0.2, 0.25) is 0 Å². The summed E-state index contributed by atoms with van der Waals surface area (Å²) in [6.45, 7) is 0. The van der Waals surface area contributed by atoms with Crippen molar-refractivity contribution in [2.45, 2.75) is 6.04 Å². The fraction of sp³-hybridized carbons (Fsp3) is 0.222. The minimum absolute atomic E-state index is 0.0102. The number of rotatable bonds is 5. The third-order valence-corrected chi connectivity index (χ3v) is 2.79. The topological polar surface area (TPSA) is 160 Å². The van der Waals surface area contributed by atoms with Crippen molar-refractivity contribution in [3.63, 3.8) is 0 Å². The second-order valence-electron chi connectivity index (χ2n) is 3.55. The summed E-state index contributed by atoms with van der Waals surface area (Å²) >= 11 is 0. The highest BCUT2D eigenvalue weighted by atomic mass is 32.2. The summed E-state index contributed by atoms with van der Waals surface area (Å²) < 4.78 is 29.9. The first kappa shape index (κ1) is 14.9. The molecule has 1 heterocycles. The van der Waals surface area contributed by atoms with Gasteiger partial charge in [-0.25, -0.2) is 9.78 Å². The number of amides is 1. The number of nitrogen functional groups attached to an aromatic ring is 1. The molecule has 0 unspecified atom stereocenters. The average molecular weight is 289 g/mol. The highest BCUT2D eigenvalue weighted by Crippen LogP contribution is 2.07. The van der Waals surface area contributed by atoms with Crippen LogP contribution >= 0.6 is 0 Å². The maximum atomic E-state index is 11.7. The number of nitrogens with two attached hydrogens (primary N) is 1. The van der Waals surface area contributed by atoms with Crippen molar-refractivity contribution in [1.29, 1.82) is 0 Å². The fourth-order valence-corrected chi connectivity index (χ4v) is 1.87. The molecule has 104 valence electrons. The van der Waals surface area contributed by atoms with Gasteiger partial charge in [0.15, 0.2) is 5.69 Å². The summed E-state index contributed by atoms with van der Waals surface area (Å²) in [5.41, 5.74) is 5.24. The molecule has 10 heteroatoms. The predicted octanol–water partition coefficient (Wildman–Crippen LogP) is -1.27. The van der Waals surface area contributed by atoms with Gasteiger partial charge < -0.3 is 16.2 Å². The zero-order valence-corrected chi connectivity index (χ0v) is 10.3. The molecule has 0 spiro atoms. The van der Waals surface area contributed by atoms with Crippen LogP contribution in [0.3, 0.4) is 0 Å². The highest BCUT2D eigenvalue weighted by molar-refractivity contribution is 7.85. The third-order valence-electron chi connectivity index (χ3n) is 2.03. The molecule has 0 bridgehead atoms. The van der Waals surface area contributed by atoms with Crippen LogP contribution in [0.5, 0.6) is 0 Å². The first-order valence-electron chi connectivity index (χ1n) is 4.90. The van der Waals surface area contributed by atoms with E-state index in [9.17, 15) is 18.0 Å². The Labute approximate surface area is 108 Å². The zero-order valence-electron chi connectivity index (χ0n) is 9.48. The molecule has 1 atom stereocenters. The molecule has 0 aliphatic heterocycles. The van der Waals surface area contributed by atoms with E-state index < -0.39 is 33.8 Å². The van der Waals surface area contributed by atoms with Crippen molar-refractivity contribution in [3.8, 4) is 0 Å². The number of carboxylic acids is 1. The summed E-state index contributed by atoms with van der Waals surface area (Å²) in [6.07, 6.45) is 1.27. The molecule has 0 aliphatic rings. The number of hydrogen-bond acceptors (Lipinski definition) is 6. The molecule has 5 N–H and O–H groups in total. The normalized spacial score (nSPS) is 12.7. The lowest BCUT2D eigenvalue weighted by Crippen LogP contribution is -2.45. The van der Waals surface area contributed by atoms with E-state index in [1.54, 1.807) is 0 Å². The van der Waals surface area contributed by atoms with Crippen LogP contribution in [0.25, 0.3) is 0 Å². The number of aliphatic carboxylic acids is 1. The average Bonchev–Trinajstić information content (AvgIpc) is 2.26. The largest absolute Gasteiger partial charge is 0.480 e. The summed E-state index contributed by atoms with van der Waals surface area (Å²) in [6, 6.07) is 1.04. The maximum Gasteiger partial charge on any atom is 0.327 e. The van der Waals surface area contributed by atoms with Gasteiger partial charge in [-0.1, -0.05) is 0 Å². The fourth-order valence-electron chi connectivity index (χ4n) is 1.22. The Morgan fingerprint density at radius 3 is 2.58 bits per heavy atom. The smallest absolute Gasteiger partial charge is 0.327 e. The lowest BCUT2D eigenvalue weighted by molar-refractivity contribution is -0.138. The van der Waals surface area contributed by atoms with E-state index in [4.69, 9.17) is 15.4 Å². The highest BCUT2D eigenvalue weighted by Gasteiger charge is 2.27. The minimum Gasteiger partial charge on any atom is -0.480 e. The SMILES string of the molecule is Nc1cccnc1C(=O)N[C@@H](CS(=O)(=O)O)C(=O)O. The van der Waals surface area contributed by atoms with Crippen LogP contribution in [-0.2, 0) is 14.9 Å². The Hall–Kier alpha value is -2.20. The van der Waals surface area contributed by atoms with Crippen molar-refractivity contribution in [3.05, 3.63) is 24.0 Å². The number of pyridine rings is 1. The van der Waals surface area contributed by atoms with Crippen LogP contribution < -0.4 is 11.1 Å². The van der Waals surface area contributed by atoms with E-state index >= 15 is 0 Å². The standard InChI is InChI=1S/C9H11N3O6S/c10-5-2-1-3-11-7(5)8(13)12-6(9(14)15)4-19(16,17)18/h1-3,6H,4,10H2,(H,12,13)(H,14,15)(H,16,17,18)/t6-/m0/s1. The summed E-state index contributed by atoms with van der Waals surface area (Å²) in [5.74, 6) is -3.71. The van der Waals surface area contributed by atoms with Gasteiger partial charge in [0.25, 0.3) is 16.0 Å². The maximum absolute atomic E-state index is 11.7. The number of nitrogens with one attached hydrogen (secondary N) is 1. The number of nitrogens with zero attached hydrogens (tertiary/aromatic N) is 1. The Kier molecular flexibility index (Phi) is 4.40. The van der Waals surface area contributed by atoms with Gasteiger partial charge in [-0.3, -0.25) is 9.35 Å². The van der Waals surface area contributed by atoms with Gasteiger partial charge in [0.05, 0.1) is 5.69 Å². The quantitative estimate of drug-likeness (QED) is 0.488. The Balaban J connectivity index is 2.89. The van der Waals surface area contributed by atoms with Crippen LogP contribution in [0, 0.1) is 0 Å². The molecular formula is C9H11N3O6S. The molecule has 0 saturated heterocycles. The summed E-state index contributed by atoms with van der Waals surface area (Å²) in [4.78, 5) is 26.1. The molecule has 0 fully saturated rings. The molecule has 0 radical (unpaired) electrons. The zero-order chi connectivity index (χ0) is 14.6. The Morgan fingerprint density at radius 2 is 2.11 bits per heavy atom. The van der Waals surface area contributed by atoms with Crippen LogP contribution in [0.15, 0.2) is 18.3 Å². The lowest BCUT2D eigenvalue weighted by Gasteiger charge is -2.13. The number of aromatic nitrogens is 1. The Morgan fingerprint density at radius 1 is 1.47 bits per heavy atom. The van der Waals surface area contributed by atoms with Gasteiger partial charge in [-0.15, -0.1) is 0 Å². The third kappa shape index (κ3) is 4.52. The van der Waals surface area contributed by atoms with Crippen molar-refractivity contribution in [2.24, 2.45) is 0 Å². The van der Waals surface area contributed by atoms with E-state index in [-0.39, 0.29) is 11.4 Å². The van der Waals surface area contributed by atoms with Crippen LogP contribution in [0.2, 0.25) is 0 Å². The molecule has 9 nitrogen and oxygen atoms in total. The molecule has 1 amide bonds. The molecule has 1 aromatic rings. The van der Waals surface area contributed by atoms with Crippen LogP contribution in [0.4, 0.5) is 5.69 Å². The number of anilines is 1. The Bertz CT molecular complexity index is 600. The van der Waals surface area contributed by atoms with Crippen molar-refractivity contribution < 1.29 is 27.7 Å². The first-order valence-corrected chi connectivity index (χ1v) is 6.51. The predicted molar refractivity (Wildman–Crippen MR) is 64.0 cm³/mol. The second kappa shape index (κ2) is 5.63. The van der Waals surface area contributed by atoms with Crippen molar-refractivity contribution in [2.75, 3.05) is 11.5 Å². The molecule has 19 heavy (non-hydrogen) atoms. The van der Waals surface area contributed by atoms with Gasteiger partial charge in [-0.05, 0) is 12.1 Å². The van der Waals surface area contributed by atoms with E-state index in [2.05, 4.69) is 4.98 Å². The van der Waals surface area contributed by atoms with E-state index in [1.165, 1.54) is 18.3 Å². The van der Waals surface area contributed by atoms with Crippen LogP contribution in [0.1, 0.15) is 10.5 Å². The van der Waals surface area contributed by atoms with E-state index in [0.717, 1.165) is 0 Å². The van der Waals surface area contributed by atoms with Gasteiger partial charge in [0.1, 0.15) is 11.8 Å². The molecular weight excluding hydrogens is 278 g/mol. The molecule has 0 saturated carbocycles. The summed E-state index contributed by atoms with van der Waals surface area (Å²) in [5, 5.41) is 10.7. The minimum atomic E-state index is -4.55. The van der Waals surface area contributed by atoms with E-state index in [1.807, 2.05) is 5.32 Å². The molecule has 0 aromatic carbocycles. The lowest BCUT2D eigenvalue weighted by atomic mass is 10.2. The van der Waals surface area contributed by atoms with Gasteiger partial charge in [0, 0.05) is 6.20 Å². The van der Waals surface area contributed by atoms with E-state index in [0.29, 0.717) is 0 Å². The molecule has 1 aromatic heterocycles. The molecule has 0 aliphatic carbocycles. The number of carboxylic acid groups (broad SMARTS) is 1. The van der Waals surface area contributed by atoms with Crippen LogP contribution in [-0.4, -0.2) is 46.7 Å².